The Kier molecular flexibility index (Phi) is 4.81. The van der Waals surface area contributed by atoms with Crippen LogP contribution in [0.3, 0.4) is 0 Å². The van der Waals surface area contributed by atoms with Crippen LogP contribution in [0.5, 0.6) is 0 Å². The van der Waals surface area contributed by atoms with E-state index in [1.165, 1.54) is 25.1 Å². The molecule has 0 unspecified atom stereocenters. The maximum Gasteiger partial charge on any atom is 0.323 e. The summed E-state index contributed by atoms with van der Waals surface area (Å²) in [6.07, 6.45) is 5.10. The summed E-state index contributed by atoms with van der Waals surface area (Å²) in [6.45, 7) is 0.857. The largest absolute Gasteiger partial charge is 0.480 e. The minimum absolute atomic E-state index is 0.138. The second-order valence-corrected chi connectivity index (χ2v) is 4.02. The third-order valence-electron chi connectivity index (χ3n) is 2.55. The van der Waals surface area contributed by atoms with Gasteiger partial charge in [0.1, 0.15) is 6.54 Å². The molecule has 0 spiro atoms. The van der Waals surface area contributed by atoms with Crippen molar-refractivity contribution in [3.63, 3.8) is 0 Å². The van der Waals surface area contributed by atoms with E-state index >= 15 is 0 Å². The van der Waals surface area contributed by atoms with Gasteiger partial charge in [-0.05, 0) is 18.6 Å². The standard InChI is InChI=1S/C13H12N2O5/c1-3-6-14(8-12(16)17)13(18)11-5-4-10(15(19)20)7-9(11)2/h1,4-5,7H,6,8H2,2H3,(H,16,17). The molecule has 1 N–H and O–H groups in total. The smallest absolute Gasteiger partial charge is 0.323 e. The Labute approximate surface area is 115 Å². The Hall–Kier alpha value is -2.88. The van der Waals surface area contributed by atoms with Crippen LogP contribution >= 0.6 is 0 Å². The number of terminal acetylenes is 1. The molecule has 1 amide bonds. The summed E-state index contributed by atoms with van der Waals surface area (Å²) >= 11 is 0. The molecule has 104 valence electrons. The molecular weight excluding hydrogens is 264 g/mol. The third-order valence-corrected chi connectivity index (χ3v) is 2.55. The fraction of sp³-hybridized carbons (Fsp3) is 0.231. The number of aryl methyl sites for hydroxylation is 1. The molecule has 0 aliphatic rings. The predicted molar refractivity (Wildman–Crippen MR) is 70.2 cm³/mol. The van der Waals surface area contributed by atoms with Gasteiger partial charge in [-0.2, -0.15) is 0 Å². The first-order valence-electron chi connectivity index (χ1n) is 5.56. The van der Waals surface area contributed by atoms with E-state index in [1.54, 1.807) is 0 Å². The maximum atomic E-state index is 12.2. The van der Waals surface area contributed by atoms with Gasteiger partial charge in [-0.25, -0.2) is 0 Å². The molecule has 1 aromatic carbocycles. The van der Waals surface area contributed by atoms with Gasteiger partial charge < -0.3 is 10.0 Å². The summed E-state index contributed by atoms with van der Waals surface area (Å²) in [5.41, 5.74) is 0.435. The molecule has 0 saturated heterocycles. The second-order valence-electron chi connectivity index (χ2n) is 4.02. The molecule has 0 aromatic heterocycles. The van der Waals surface area contributed by atoms with Crippen molar-refractivity contribution in [3.8, 4) is 12.3 Å². The Balaban J connectivity index is 3.09. The van der Waals surface area contributed by atoms with Crippen LogP contribution in [0.2, 0.25) is 0 Å². The van der Waals surface area contributed by atoms with E-state index < -0.39 is 23.3 Å². The van der Waals surface area contributed by atoms with E-state index in [9.17, 15) is 19.7 Å². The number of carbonyl (C=O) groups is 2. The molecule has 0 heterocycles. The lowest BCUT2D eigenvalue weighted by Crippen LogP contribution is -2.36. The number of carbonyl (C=O) groups excluding carboxylic acids is 1. The van der Waals surface area contributed by atoms with Gasteiger partial charge in [0.2, 0.25) is 0 Å². The van der Waals surface area contributed by atoms with Crippen molar-refractivity contribution in [2.75, 3.05) is 13.1 Å². The lowest BCUT2D eigenvalue weighted by atomic mass is 10.1. The predicted octanol–water partition coefficient (Wildman–Crippen LogP) is 1.06. The minimum atomic E-state index is -1.19. The van der Waals surface area contributed by atoms with Crippen molar-refractivity contribution < 1.29 is 19.6 Å². The number of amides is 1. The molecule has 1 rings (SSSR count). The van der Waals surface area contributed by atoms with Crippen LogP contribution in [-0.4, -0.2) is 39.9 Å². The van der Waals surface area contributed by atoms with Crippen molar-refractivity contribution in [1.29, 1.82) is 0 Å². The molecule has 7 heteroatoms. The van der Waals surface area contributed by atoms with E-state index in [2.05, 4.69) is 5.92 Å². The first kappa shape index (κ1) is 15.2. The van der Waals surface area contributed by atoms with E-state index in [4.69, 9.17) is 11.5 Å². The van der Waals surface area contributed by atoms with Crippen molar-refractivity contribution in [2.24, 2.45) is 0 Å². The fourth-order valence-corrected chi connectivity index (χ4v) is 1.64. The van der Waals surface area contributed by atoms with Crippen LogP contribution in [-0.2, 0) is 4.79 Å². The average Bonchev–Trinajstić information content (AvgIpc) is 2.36. The minimum Gasteiger partial charge on any atom is -0.480 e. The van der Waals surface area contributed by atoms with E-state index in [0.717, 1.165) is 4.90 Å². The Morgan fingerprint density at radius 1 is 1.50 bits per heavy atom. The third kappa shape index (κ3) is 3.55. The van der Waals surface area contributed by atoms with Gasteiger partial charge in [-0.3, -0.25) is 19.7 Å². The molecule has 0 radical (unpaired) electrons. The zero-order valence-electron chi connectivity index (χ0n) is 10.7. The normalized spacial score (nSPS) is 9.60. The number of hydrogen-bond donors (Lipinski definition) is 1. The van der Waals surface area contributed by atoms with Gasteiger partial charge in [0, 0.05) is 17.7 Å². The number of carboxylic acid groups (broad SMARTS) is 1. The summed E-state index contributed by atoms with van der Waals surface area (Å²) in [6, 6.07) is 3.73. The first-order valence-corrected chi connectivity index (χ1v) is 5.56. The fourth-order valence-electron chi connectivity index (χ4n) is 1.64. The summed E-state index contributed by atoms with van der Waals surface area (Å²) in [7, 11) is 0. The lowest BCUT2D eigenvalue weighted by molar-refractivity contribution is -0.384. The number of carboxylic acids is 1. The van der Waals surface area contributed by atoms with Crippen LogP contribution in [0.4, 0.5) is 5.69 Å². The van der Waals surface area contributed by atoms with Gasteiger partial charge in [-0.1, -0.05) is 5.92 Å². The van der Waals surface area contributed by atoms with Crippen LogP contribution < -0.4 is 0 Å². The monoisotopic (exact) mass is 276 g/mol. The van der Waals surface area contributed by atoms with Crippen LogP contribution in [0, 0.1) is 29.4 Å². The van der Waals surface area contributed by atoms with Crippen molar-refractivity contribution in [2.45, 2.75) is 6.92 Å². The molecular formula is C13H12N2O5. The summed E-state index contributed by atoms with van der Waals surface area (Å²) < 4.78 is 0. The zero-order valence-corrected chi connectivity index (χ0v) is 10.7. The first-order chi connectivity index (χ1) is 9.36. The number of nitrogens with zero attached hydrogens (tertiary/aromatic N) is 2. The molecule has 0 atom stereocenters. The van der Waals surface area contributed by atoms with Crippen LogP contribution in [0.15, 0.2) is 18.2 Å². The van der Waals surface area contributed by atoms with Gasteiger partial charge in [0.05, 0.1) is 11.5 Å². The Bertz CT molecular complexity index is 603. The van der Waals surface area contributed by atoms with Gasteiger partial charge in [0.25, 0.3) is 11.6 Å². The summed E-state index contributed by atoms with van der Waals surface area (Å²) in [5, 5.41) is 19.4. The average molecular weight is 276 g/mol. The highest BCUT2D eigenvalue weighted by atomic mass is 16.6. The molecule has 0 aliphatic carbocycles. The molecule has 0 aliphatic heterocycles. The van der Waals surface area contributed by atoms with E-state index in [0.29, 0.717) is 5.56 Å². The van der Waals surface area contributed by atoms with Crippen molar-refractivity contribution in [3.05, 3.63) is 39.4 Å². The number of benzene rings is 1. The number of nitro benzene ring substituents is 1. The molecule has 7 nitrogen and oxygen atoms in total. The van der Waals surface area contributed by atoms with Crippen molar-refractivity contribution in [1.82, 2.24) is 4.90 Å². The highest BCUT2D eigenvalue weighted by Gasteiger charge is 2.20. The van der Waals surface area contributed by atoms with E-state index in [-0.39, 0.29) is 17.8 Å². The second kappa shape index (κ2) is 6.33. The molecule has 1 aromatic rings. The number of hydrogen-bond acceptors (Lipinski definition) is 4. The van der Waals surface area contributed by atoms with Crippen LogP contribution in [0.25, 0.3) is 0 Å². The van der Waals surface area contributed by atoms with E-state index in [1.807, 2.05) is 0 Å². The molecule has 0 fully saturated rings. The number of aliphatic carboxylic acids is 1. The Morgan fingerprint density at radius 2 is 2.15 bits per heavy atom. The molecule has 0 saturated carbocycles. The molecule has 20 heavy (non-hydrogen) atoms. The Morgan fingerprint density at radius 3 is 2.60 bits per heavy atom. The summed E-state index contributed by atoms with van der Waals surface area (Å²) in [5.74, 6) is 0.448. The highest BCUT2D eigenvalue weighted by Crippen LogP contribution is 2.18. The maximum absolute atomic E-state index is 12.2. The molecule has 0 bridgehead atoms. The number of rotatable bonds is 5. The quantitative estimate of drug-likeness (QED) is 0.492. The van der Waals surface area contributed by atoms with Crippen molar-refractivity contribution >= 4 is 17.6 Å². The highest BCUT2D eigenvalue weighted by molar-refractivity contribution is 5.97. The lowest BCUT2D eigenvalue weighted by Gasteiger charge is -2.18. The summed E-state index contributed by atoms with van der Waals surface area (Å²) in [4.78, 5) is 33.9. The van der Waals surface area contributed by atoms with Crippen LogP contribution in [0.1, 0.15) is 15.9 Å². The van der Waals surface area contributed by atoms with Gasteiger partial charge in [-0.15, -0.1) is 6.42 Å². The van der Waals surface area contributed by atoms with Gasteiger partial charge >= 0.3 is 5.97 Å². The SMILES string of the molecule is C#CCN(CC(=O)O)C(=O)c1ccc([N+](=O)[O-])cc1C. The zero-order chi connectivity index (χ0) is 15.3. The topological polar surface area (TPSA) is 101 Å². The number of non-ortho nitro benzene ring substituents is 1. The number of nitro groups is 1. The van der Waals surface area contributed by atoms with Gasteiger partial charge in [0.15, 0.2) is 0 Å².